The first kappa shape index (κ1) is 28.9. The molecule has 0 aliphatic rings. The SMILES string of the molecule is CCn1c(-c2c3ccccc3c(-c3cc4ccc5cccc6c7cccc8ccc9cccc(c(c3)c4c56)c9c87)c3ccccc23)nc2ccccc21. The number of benzene rings is 10. The van der Waals surface area contributed by atoms with Gasteiger partial charge in [0.15, 0.2) is 0 Å². The van der Waals surface area contributed by atoms with E-state index in [1.165, 1.54) is 108 Å². The fourth-order valence-corrected chi connectivity index (χ4v) is 9.70. The second-order valence-corrected chi connectivity index (χ2v) is 14.5. The summed E-state index contributed by atoms with van der Waals surface area (Å²) in [4.78, 5) is 5.30. The summed E-state index contributed by atoms with van der Waals surface area (Å²) in [6.45, 7) is 3.06. The quantitative estimate of drug-likeness (QED) is 0.135. The van der Waals surface area contributed by atoms with Gasteiger partial charge in [-0.2, -0.15) is 0 Å². The largest absolute Gasteiger partial charge is 0.324 e. The molecule has 53 heavy (non-hydrogen) atoms. The predicted molar refractivity (Wildman–Crippen MR) is 228 cm³/mol. The van der Waals surface area contributed by atoms with Crippen LogP contribution < -0.4 is 0 Å². The van der Waals surface area contributed by atoms with E-state index in [4.69, 9.17) is 4.98 Å². The zero-order valence-corrected chi connectivity index (χ0v) is 29.2. The number of fused-ring (bicyclic) bond motifs is 5. The Balaban J connectivity index is 1.29. The molecule has 12 rings (SSSR count). The van der Waals surface area contributed by atoms with Crippen LogP contribution in [0.2, 0.25) is 0 Å². The Hall–Kier alpha value is -6.77. The second kappa shape index (κ2) is 10.6. The molecule has 0 saturated heterocycles. The molecule has 11 aromatic carbocycles. The molecule has 0 atom stereocenters. The van der Waals surface area contributed by atoms with Gasteiger partial charge >= 0.3 is 0 Å². The van der Waals surface area contributed by atoms with Gasteiger partial charge in [-0.05, 0) is 128 Å². The van der Waals surface area contributed by atoms with Crippen LogP contribution in [0.3, 0.4) is 0 Å². The van der Waals surface area contributed by atoms with Crippen LogP contribution in [0.4, 0.5) is 0 Å². The summed E-state index contributed by atoms with van der Waals surface area (Å²) in [5, 5.41) is 20.5. The van der Waals surface area contributed by atoms with E-state index in [2.05, 4.69) is 175 Å². The summed E-state index contributed by atoms with van der Waals surface area (Å²) in [5.74, 6) is 1.02. The highest BCUT2D eigenvalue weighted by atomic mass is 15.1. The number of rotatable bonds is 3. The summed E-state index contributed by atoms with van der Waals surface area (Å²) < 4.78 is 2.37. The molecule has 0 amide bonds. The number of hydrogen-bond acceptors (Lipinski definition) is 1. The number of imidazole rings is 1. The van der Waals surface area contributed by atoms with Crippen LogP contribution in [0, 0.1) is 0 Å². The van der Waals surface area contributed by atoms with Crippen molar-refractivity contribution in [3.63, 3.8) is 0 Å². The van der Waals surface area contributed by atoms with Crippen LogP contribution in [-0.4, -0.2) is 9.55 Å². The highest BCUT2D eigenvalue weighted by Crippen LogP contribution is 2.48. The molecular formula is C51H32N2. The first-order valence-electron chi connectivity index (χ1n) is 18.6. The molecule has 2 nitrogen and oxygen atoms in total. The molecule has 0 saturated carbocycles. The molecule has 0 spiro atoms. The van der Waals surface area contributed by atoms with Crippen LogP contribution in [0.25, 0.3) is 120 Å². The van der Waals surface area contributed by atoms with E-state index < -0.39 is 0 Å². The summed E-state index contributed by atoms with van der Waals surface area (Å²) in [6, 6.07) is 61.1. The zero-order valence-electron chi connectivity index (χ0n) is 29.2. The van der Waals surface area contributed by atoms with E-state index in [-0.39, 0.29) is 0 Å². The zero-order chi connectivity index (χ0) is 34.8. The monoisotopic (exact) mass is 672 g/mol. The van der Waals surface area contributed by atoms with Gasteiger partial charge in [0.25, 0.3) is 0 Å². The van der Waals surface area contributed by atoms with Crippen molar-refractivity contribution in [1.29, 1.82) is 0 Å². The van der Waals surface area contributed by atoms with Crippen molar-refractivity contribution in [2.45, 2.75) is 13.5 Å². The maximum Gasteiger partial charge on any atom is 0.142 e. The second-order valence-electron chi connectivity index (χ2n) is 14.5. The van der Waals surface area contributed by atoms with Crippen LogP contribution in [-0.2, 0) is 6.54 Å². The third-order valence-corrected chi connectivity index (χ3v) is 11.8. The Labute approximate surface area is 305 Å². The summed E-state index contributed by atoms with van der Waals surface area (Å²) in [7, 11) is 0. The average Bonchev–Trinajstić information content (AvgIpc) is 3.59. The summed E-state index contributed by atoms with van der Waals surface area (Å²) in [6.07, 6.45) is 0. The van der Waals surface area contributed by atoms with E-state index in [0.29, 0.717) is 0 Å². The molecule has 0 radical (unpaired) electrons. The van der Waals surface area contributed by atoms with Crippen LogP contribution in [0.5, 0.6) is 0 Å². The molecule has 0 aliphatic heterocycles. The number of para-hydroxylation sites is 2. The maximum atomic E-state index is 5.30. The highest BCUT2D eigenvalue weighted by Gasteiger charge is 2.22. The Morgan fingerprint density at radius 3 is 1.42 bits per heavy atom. The molecule has 0 fully saturated rings. The predicted octanol–water partition coefficient (Wildman–Crippen LogP) is 14.1. The average molecular weight is 673 g/mol. The van der Waals surface area contributed by atoms with Crippen molar-refractivity contribution in [2.24, 2.45) is 0 Å². The van der Waals surface area contributed by atoms with E-state index in [9.17, 15) is 0 Å². The van der Waals surface area contributed by atoms with E-state index >= 15 is 0 Å². The molecule has 12 aromatic rings. The topological polar surface area (TPSA) is 17.8 Å². The third kappa shape index (κ3) is 3.85. The van der Waals surface area contributed by atoms with Crippen molar-refractivity contribution in [3.8, 4) is 22.5 Å². The molecule has 2 heteroatoms. The van der Waals surface area contributed by atoms with Crippen molar-refractivity contribution < 1.29 is 0 Å². The number of aromatic nitrogens is 2. The Morgan fingerprint density at radius 1 is 0.396 bits per heavy atom. The van der Waals surface area contributed by atoms with Gasteiger partial charge in [-0.15, -0.1) is 0 Å². The molecule has 1 aromatic heterocycles. The van der Waals surface area contributed by atoms with Gasteiger partial charge in [0, 0.05) is 12.1 Å². The van der Waals surface area contributed by atoms with Gasteiger partial charge < -0.3 is 4.57 Å². The fraction of sp³-hybridized carbons (Fsp3) is 0.0392. The number of hydrogen-bond donors (Lipinski definition) is 0. The van der Waals surface area contributed by atoms with E-state index in [0.717, 1.165) is 17.9 Å². The minimum atomic E-state index is 0.839. The maximum absolute atomic E-state index is 5.30. The number of nitrogens with zero attached hydrogens (tertiary/aromatic N) is 2. The Morgan fingerprint density at radius 2 is 0.849 bits per heavy atom. The normalized spacial score (nSPS) is 12.3. The minimum absolute atomic E-state index is 0.839. The Bertz CT molecular complexity index is 3430. The fourth-order valence-electron chi connectivity index (χ4n) is 9.70. The van der Waals surface area contributed by atoms with Gasteiger partial charge in [-0.25, -0.2) is 4.98 Å². The minimum Gasteiger partial charge on any atom is -0.324 e. The highest BCUT2D eigenvalue weighted by molar-refractivity contribution is 6.37. The van der Waals surface area contributed by atoms with Gasteiger partial charge in [-0.1, -0.05) is 140 Å². The molecule has 1 heterocycles. The van der Waals surface area contributed by atoms with Crippen LogP contribution in [0.15, 0.2) is 164 Å². The molecule has 0 bridgehead atoms. The lowest BCUT2D eigenvalue weighted by molar-refractivity contribution is 0.798. The van der Waals surface area contributed by atoms with Gasteiger partial charge in [0.05, 0.1) is 11.0 Å². The smallest absolute Gasteiger partial charge is 0.142 e. The summed E-state index contributed by atoms with van der Waals surface area (Å²) in [5.41, 5.74) is 5.88. The lowest BCUT2D eigenvalue weighted by Gasteiger charge is -2.20. The first-order chi connectivity index (χ1) is 26.3. The van der Waals surface area contributed by atoms with Gasteiger partial charge in [0.2, 0.25) is 0 Å². The third-order valence-electron chi connectivity index (χ3n) is 11.8. The Kier molecular flexibility index (Phi) is 5.79. The van der Waals surface area contributed by atoms with Crippen molar-refractivity contribution in [1.82, 2.24) is 9.55 Å². The van der Waals surface area contributed by atoms with E-state index in [1.54, 1.807) is 0 Å². The standard InChI is InChI=1S/C51H32N2/c1-2-53-44-23-8-7-22-43(44)52-51(53)50-39-17-5-3-15-35(39)45(36-16-4-6-18-40(36)50)34-28-33-27-26-32-13-10-20-38-37-19-9-12-30-24-25-31-14-11-21-41(48(31)46(30)37)42(29-34)49(33)47(32)38/h3-29H,2H2,1H3. The molecule has 0 N–H and O–H groups in total. The van der Waals surface area contributed by atoms with Gasteiger partial charge in [-0.3, -0.25) is 0 Å². The molecular weight excluding hydrogens is 641 g/mol. The van der Waals surface area contributed by atoms with Crippen molar-refractivity contribution in [2.75, 3.05) is 0 Å². The lowest BCUT2D eigenvalue weighted by Crippen LogP contribution is -2.00. The lowest BCUT2D eigenvalue weighted by atomic mass is 9.84. The molecule has 0 unspecified atom stereocenters. The molecule has 246 valence electrons. The van der Waals surface area contributed by atoms with Crippen molar-refractivity contribution >= 4 is 97.2 Å². The van der Waals surface area contributed by atoms with Crippen molar-refractivity contribution in [3.05, 3.63) is 164 Å². The summed E-state index contributed by atoms with van der Waals surface area (Å²) >= 11 is 0. The van der Waals surface area contributed by atoms with Gasteiger partial charge in [0.1, 0.15) is 5.82 Å². The van der Waals surface area contributed by atoms with Crippen LogP contribution in [0.1, 0.15) is 6.92 Å². The first-order valence-corrected chi connectivity index (χ1v) is 18.6. The molecule has 0 aliphatic carbocycles. The van der Waals surface area contributed by atoms with Crippen LogP contribution >= 0.6 is 0 Å². The van der Waals surface area contributed by atoms with E-state index in [1.807, 2.05) is 0 Å². The number of aryl methyl sites for hydroxylation is 1.